The third-order valence-corrected chi connectivity index (χ3v) is 5.54. The van der Waals surface area contributed by atoms with Gasteiger partial charge in [0.2, 0.25) is 0 Å². The molecule has 0 bridgehead atoms. The first-order valence-electron chi connectivity index (χ1n) is 10.2. The first-order valence-corrected chi connectivity index (χ1v) is 10.2. The van der Waals surface area contributed by atoms with Gasteiger partial charge >= 0.3 is 21.1 Å². The fourth-order valence-corrected chi connectivity index (χ4v) is 4.10. The van der Waals surface area contributed by atoms with Crippen LogP contribution in [0.4, 0.5) is 0 Å². The van der Waals surface area contributed by atoms with Gasteiger partial charge in [-0.15, -0.1) is 46.9 Å². The second kappa shape index (κ2) is 8.53. The zero-order valence-corrected chi connectivity index (χ0v) is 19.2. The Hall–Kier alpha value is -3.55. The van der Waals surface area contributed by atoms with Crippen molar-refractivity contribution < 1.29 is 21.1 Å². The number of para-hydroxylation sites is 2. The predicted molar refractivity (Wildman–Crippen MR) is 126 cm³/mol. The first-order chi connectivity index (χ1) is 15.4. The molecule has 0 saturated heterocycles. The van der Waals surface area contributed by atoms with E-state index in [0.29, 0.717) is 0 Å². The molecule has 0 aliphatic rings. The van der Waals surface area contributed by atoms with Gasteiger partial charge in [0, 0.05) is 6.20 Å². The Kier molecular flexibility index (Phi) is 5.43. The van der Waals surface area contributed by atoms with E-state index in [9.17, 15) is 0 Å². The average molecular weight is 591 g/mol. The van der Waals surface area contributed by atoms with Crippen LogP contribution in [-0.4, -0.2) is 9.97 Å². The molecule has 0 unspecified atom stereocenters. The molecule has 0 radical (unpaired) electrons. The maximum absolute atomic E-state index is 5.08. The molecule has 0 atom stereocenters. The van der Waals surface area contributed by atoms with Crippen LogP contribution in [0.25, 0.3) is 55.6 Å². The largest absolute Gasteiger partial charge is 2.00 e. The van der Waals surface area contributed by atoms with E-state index in [1.807, 2.05) is 66.9 Å². The normalized spacial score (nSPS) is 10.9. The Bertz CT molecular complexity index is 1520. The number of rotatable bonds is 3. The molecule has 6 rings (SSSR count). The van der Waals surface area contributed by atoms with Crippen LogP contribution in [0.15, 0.2) is 103 Å². The standard InChI is InChI=1S/C28H17N3.Pt/c1-2-9-19(10-3-1)24-16-8-17-26(30-24)23-14-7-12-21-20-11-6-13-22(27(20)31-28(21)23)25-15-4-5-18-29-25;/h1-9,11-18H;/q-2;+2. The summed E-state index contributed by atoms with van der Waals surface area (Å²) in [6.07, 6.45) is 1.82. The summed E-state index contributed by atoms with van der Waals surface area (Å²) in [5, 5.41) is 2.26. The third kappa shape index (κ3) is 3.45. The van der Waals surface area contributed by atoms with Crippen molar-refractivity contribution in [2.45, 2.75) is 0 Å². The summed E-state index contributed by atoms with van der Waals surface area (Å²) in [4.78, 5) is 14.6. The number of nitrogens with zero attached hydrogens (tertiary/aromatic N) is 3. The van der Waals surface area contributed by atoms with Crippen molar-refractivity contribution in [1.29, 1.82) is 0 Å². The summed E-state index contributed by atoms with van der Waals surface area (Å²) >= 11 is 0. The number of hydrogen-bond donors (Lipinski definition) is 0. The summed E-state index contributed by atoms with van der Waals surface area (Å²) in [6, 6.07) is 35.8. The Morgan fingerprint density at radius 2 is 1.25 bits per heavy atom. The maximum atomic E-state index is 5.08. The number of aromatic nitrogens is 3. The number of pyridine rings is 2. The molecule has 6 aromatic rings. The van der Waals surface area contributed by atoms with Crippen LogP contribution in [-0.2, 0) is 21.1 Å². The molecule has 0 spiro atoms. The molecule has 0 aliphatic carbocycles. The van der Waals surface area contributed by atoms with Gasteiger partial charge in [-0.2, -0.15) is 0 Å². The van der Waals surface area contributed by atoms with Gasteiger partial charge in [0.15, 0.2) is 0 Å². The van der Waals surface area contributed by atoms with Crippen LogP contribution in [0.2, 0.25) is 0 Å². The fourth-order valence-electron chi connectivity index (χ4n) is 4.10. The van der Waals surface area contributed by atoms with Crippen molar-refractivity contribution >= 4 is 21.8 Å². The average Bonchev–Trinajstić information content (AvgIpc) is 3.24. The van der Waals surface area contributed by atoms with E-state index in [-0.39, 0.29) is 21.1 Å². The second-order valence-corrected chi connectivity index (χ2v) is 7.41. The van der Waals surface area contributed by atoms with Crippen molar-refractivity contribution in [2.75, 3.05) is 0 Å². The van der Waals surface area contributed by atoms with Crippen LogP contribution in [0.5, 0.6) is 0 Å². The summed E-state index contributed by atoms with van der Waals surface area (Å²) in [6.45, 7) is 0. The van der Waals surface area contributed by atoms with E-state index in [0.717, 1.165) is 55.6 Å². The number of hydrogen-bond acceptors (Lipinski definition) is 2. The van der Waals surface area contributed by atoms with Gasteiger partial charge in [-0.05, 0) is 45.8 Å². The molecule has 0 aliphatic heterocycles. The monoisotopic (exact) mass is 590 g/mol. The maximum Gasteiger partial charge on any atom is 2.00 e. The van der Waals surface area contributed by atoms with E-state index < -0.39 is 0 Å². The molecule has 154 valence electrons. The van der Waals surface area contributed by atoms with Gasteiger partial charge in [0.25, 0.3) is 0 Å². The molecule has 0 fully saturated rings. The number of fused-ring (bicyclic) bond motifs is 3. The van der Waals surface area contributed by atoms with E-state index >= 15 is 0 Å². The second-order valence-electron chi connectivity index (χ2n) is 7.41. The molecule has 0 N–H and O–H groups in total. The van der Waals surface area contributed by atoms with Gasteiger partial charge in [-0.1, -0.05) is 54.6 Å². The molecule has 4 heteroatoms. The van der Waals surface area contributed by atoms with Gasteiger partial charge in [-0.3, -0.25) is 9.97 Å². The van der Waals surface area contributed by atoms with Crippen molar-refractivity contribution in [3.05, 3.63) is 109 Å². The zero-order chi connectivity index (χ0) is 20.6. The molecule has 3 heterocycles. The smallest absolute Gasteiger partial charge is 0.656 e. The molecular weight excluding hydrogens is 573 g/mol. The van der Waals surface area contributed by atoms with Crippen molar-refractivity contribution in [1.82, 2.24) is 15.0 Å². The summed E-state index contributed by atoms with van der Waals surface area (Å²) in [5.74, 6) is 0. The van der Waals surface area contributed by atoms with Crippen LogP contribution in [0, 0.1) is 6.07 Å². The Morgan fingerprint density at radius 1 is 0.594 bits per heavy atom. The molecule has 0 saturated carbocycles. The topological polar surface area (TPSA) is 39.9 Å². The van der Waals surface area contributed by atoms with Crippen molar-refractivity contribution in [3.8, 4) is 33.8 Å². The first kappa shape index (κ1) is 20.4. The van der Waals surface area contributed by atoms with Crippen molar-refractivity contribution in [3.63, 3.8) is 0 Å². The van der Waals surface area contributed by atoms with Crippen molar-refractivity contribution in [2.24, 2.45) is 0 Å². The van der Waals surface area contributed by atoms with Crippen LogP contribution >= 0.6 is 0 Å². The van der Waals surface area contributed by atoms with Gasteiger partial charge in [-0.25, -0.2) is 0 Å². The molecule has 3 nitrogen and oxygen atoms in total. The summed E-state index contributed by atoms with van der Waals surface area (Å²) in [7, 11) is 0. The Labute approximate surface area is 200 Å². The SMILES string of the molecule is [Pt+2].[c-]1ccccc1-c1cccc(-c2cccc3c2[n-]c2c(-c4ccccn4)cccc23)n1. The van der Waals surface area contributed by atoms with E-state index in [1.54, 1.807) is 0 Å². The molecule has 3 aromatic heterocycles. The Balaban J connectivity index is 0.00000216. The predicted octanol–water partition coefficient (Wildman–Crippen LogP) is 6.54. The van der Waals surface area contributed by atoms with Gasteiger partial charge in [0.05, 0.1) is 11.4 Å². The number of benzene rings is 3. The van der Waals surface area contributed by atoms with Gasteiger partial charge < -0.3 is 4.98 Å². The minimum absolute atomic E-state index is 0. The molecule has 0 amide bonds. The van der Waals surface area contributed by atoms with Crippen LogP contribution < -0.4 is 4.98 Å². The minimum atomic E-state index is 0. The summed E-state index contributed by atoms with van der Waals surface area (Å²) < 4.78 is 0. The Morgan fingerprint density at radius 3 is 1.94 bits per heavy atom. The van der Waals surface area contributed by atoms with E-state index in [2.05, 4.69) is 47.4 Å². The van der Waals surface area contributed by atoms with Crippen LogP contribution in [0.3, 0.4) is 0 Å². The molecule has 3 aromatic carbocycles. The molecular formula is C28H17N3Pt. The summed E-state index contributed by atoms with van der Waals surface area (Å²) in [5.41, 5.74) is 7.72. The quantitative estimate of drug-likeness (QED) is 0.220. The zero-order valence-electron chi connectivity index (χ0n) is 17.0. The van der Waals surface area contributed by atoms with E-state index in [4.69, 9.17) is 9.97 Å². The fraction of sp³-hybridized carbons (Fsp3) is 0. The van der Waals surface area contributed by atoms with E-state index in [1.165, 1.54) is 0 Å². The minimum Gasteiger partial charge on any atom is -0.656 e. The molecule has 32 heavy (non-hydrogen) atoms. The van der Waals surface area contributed by atoms with Gasteiger partial charge in [0.1, 0.15) is 0 Å². The van der Waals surface area contributed by atoms with Crippen LogP contribution in [0.1, 0.15) is 0 Å². The third-order valence-electron chi connectivity index (χ3n) is 5.54.